The number of carbonyl (C=O) groups is 1. The maximum Gasteiger partial charge on any atom is 0.312 e. The maximum absolute atomic E-state index is 12.1. The van der Waals surface area contributed by atoms with E-state index in [-0.39, 0.29) is 11.9 Å². The van der Waals surface area contributed by atoms with E-state index in [1.165, 1.54) is 0 Å². The van der Waals surface area contributed by atoms with E-state index in [1.54, 1.807) is 14.2 Å². The fraction of sp³-hybridized carbons (Fsp3) is 0.316. The van der Waals surface area contributed by atoms with Gasteiger partial charge in [-0.25, -0.2) is 0 Å². The second kappa shape index (κ2) is 5.95. The first-order valence-corrected chi connectivity index (χ1v) is 7.57. The van der Waals surface area contributed by atoms with Gasteiger partial charge in [-0.05, 0) is 42.7 Å². The van der Waals surface area contributed by atoms with E-state index >= 15 is 0 Å². The number of aryl methyl sites for hydroxylation is 1. The first-order chi connectivity index (χ1) is 11.0. The van der Waals surface area contributed by atoms with Crippen LogP contribution in [0, 0.1) is 13.8 Å². The van der Waals surface area contributed by atoms with Gasteiger partial charge in [-0.1, -0.05) is 18.2 Å². The van der Waals surface area contributed by atoms with E-state index in [9.17, 15) is 4.79 Å². The summed E-state index contributed by atoms with van der Waals surface area (Å²) in [5.74, 6) is 1.79. The normalized spacial score (nSPS) is 16.5. The van der Waals surface area contributed by atoms with Crippen molar-refractivity contribution in [3.05, 3.63) is 52.6 Å². The number of esters is 1. The second-order valence-electron chi connectivity index (χ2n) is 5.77. The fourth-order valence-corrected chi connectivity index (χ4v) is 3.02. The van der Waals surface area contributed by atoms with Gasteiger partial charge in [-0.15, -0.1) is 0 Å². The highest BCUT2D eigenvalue weighted by atomic mass is 16.5. The smallest absolute Gasteiger partial charge is 0.312 e. The van der Waals surface area contributed by atoms with Gasteiger partial charge in [0, 0.05) is 11.5 Å². The molecule has 0 saturated heterocycles. The molecule has 120 valence electrons. The molecule has 0 aliphatic carbocycles. The van der Waals surface area contributed by atoms with E-state index in [4.69, 9.17) is 14.2 Å². The third kappa shape index (κ3) is 2.65. The number of hydrogen-bond donors (Lipinski definition) is 0. The minimum atomic E-state index is -0.203. The van der Waals surface area contributed by atoms with Crippen molar-refractivity contribution in [2.45, 2.75) is 26.2 Å². The summed E-state index contributed by atoms with van der Waals surface area (Å²) in [6.45, 7) is 4.00. The Hall–Kier alpha value is -2.49. The van der Waals surface area contributed by atoms with E-state index < -0.39 is 0 Å². The van der Waals surface area contributed by atoms with E-state index in [0.29, 0.717) is 23.7 Å². The van der Waals surface area contributed by atoms with Crippen molar-refractivity contribution in [1.82, 2.24) is 0 Å². The quantitative estimate of drug-likeness (QED) is 0.639. The average molecular weight is 312 g/mol. The molecule has 0 fully saturated rings. The molecule has 0 saturated carbocycles. The number of ether oxygens (including phenoxy) is 3. The molecule has 1 aliphatic rings. The van der Waals surface area contributed by atoms with Gasteiger partial charge in [-0.3, -0.25) is 4.79 Å². The van der Waals surface area contributed by atoms with Gasteiger partial charge in [-0.2, -0.15) is 0 Å². The van der Waals surface area contributed by atoms with Crippen molar-refractivity contribution in [3.8, 4) is 17.2 Å². The highest BCUT2D eigenvalue weighted by Crippen LogP contribution is 2.43. The first-order valence-electron chi connectivity index (χ1n) is 7.57. The molecule has 0 N–H and O–H groups in total. The van der Waals surface area contributed by atoms with Crippen LogP contribution in [0.25, 0.3) is 0 Å². The highest BCUT2D eigenvalue weighted by molar-refractivity contribution is 5.78. The molecule has 0 aromatic heterocycles. The minimum Gasteiger partial charge on any atom is -0.493 e. The number of hydrogen-bond acceptors (Lipinski definition) is 4. The van der Waals surface area contributed by atoms with Crippen LogP contribution in [-0.2, 0) is 4.79 Å². The summed E-state index contributed by atoms with van der Waals surface area (Å²) in [5.41, 5.74) is 4.19. The highest BCUT2D eigenvalue weighted by Gasteiger charge is 2.30. The van der Waals surface area contributed by atoms with Crippen LogP contribution in [0.1, 0.15) is 34.6 Å². The Morgan fingerprint density at radius 3 is 2.48 bits per heavy atom. The van der Waals surface area contributed by atoms with Crippen molar-refractivity contribution < 1.29 is 19.0 Å². The van der Waals surface area contributed by atoms with Crippen LogP contribution in [0.2, 0.25) is 0 Å². The van der Waals surface area contributed by atoms with Crippen molar-refractivity contribution in [3.63, 3.8) is 0 Å². The van der Waals surface area contributed by atoms with Crippen LogP contribution in [0.15, 0.2) is 30.3 Å². The summed E-state index contributed by atoms with van der Waals surface area (Å²) in [6, 6.07) is 9.89. The lowest BCUT2D eigenvalue weighted by atomic mass is 9.84. The molecule has 0 bridgehead atoms. The molecule has 1 heterocycles. The maximum atomic E-state index is 12.1. The Balaban J connectivity index is 2.11. The topological polar surface area (TPSA) is 44.8 Å². The van der Waals surface area contributed by atoms with Crippen molar-refractivity contribution in [1.29, 1.82) is 0 Å². The average Bonchev–Trinajstić information content (AvgIpc) is 2.57. The van der Waals surface area contributed by atoms with Gasteiger partial charge in [0.15, 0.2) is 11.5 Å². The molecule has 23 heavy (non-hydrogen) atoms. The number of methoxy groups -OCH3 is 2. The van der Waals surface area contributed by atoms with Gasteiger partial charge in [0.1, 0.15) is 5.75 Å². The largest absolute Gasteiger partial charge is 0.493 e. The molecule has 4 heteroatoms. The van der Waals surface area contributed by atoms with Crippen molar-refractivity contribution in [2.24, 2.45) is 0 Å². The van der Waals surface area contributed by atoms with Crippen LogP contribution in [-0.4, -0.2) is 20.2 Å². The molecule has 1 atom stereocenters. The summed E-state index contributed by atoms with van der Waals surface area (Å²) in [7, 11) is 3.22. The SMILES string of the molecule is COc1ccc(C2CC(=O)Oc3c2ccc(C)c3C)cc1OC. The Morgan fingerprint density at radius 1 is 1.04 bits per heavy atom. The lowest BCUT2D eigenvalue weighted by Gasteiger charge is -2.27. The van der Waals surface area contributed by atoms with Gasteiger partial charge in [0.05, 0.1) is 20.6 Å². The Kier molecular flexibility index (Phi) is 3.99. The second-order valence-corrected chi connectivity index (χ2v) is 5.77. The summed E-state index contributed by atoms with van der Waals surface area (Å²) >= 11 is 0. The first kappa shape index (κ1) is 15.4. The lowest BCUT2D eigenvalue weighted by Crippen LogP contribution is -2.22. The molecule has 0 radical (unpaired) electrons. The van der Waals surface area contributed by atoms with Crippen LogP contribution in [0.5, 0.6) is 17.2 Å². The molecular formula is C19H20O4. The number of benzene rings is 2. The zero-order chi connectivity index (χ0) is 16.6. The van der Waals surface area contributed by atoms with E-state index in [1.807, 2.05) is 38.1 Å². The third-order valence-corrected chi connectivity index (χ3v) is 4.48. The molecular weight excluding hydrogens is 292 g/mol. The summed E-state index contributed by atoms with van der Waals surface area (Å²) in [5, 5.41) is 0. The molecule has 0 amide bonds. The number of fused-ring (bicyclic) bond motifs is 1. The molecule has 3 rings (SSSR count). The Bertz CT molecular complexity index is 764. The van der Waals surface area contributed by atoms with Crippen LogP contribution >= 0.6 is 0 Å². The van der Waals surface area contributed by atoms with Gasteiger partial charge >= 0.3 is 5.97 Å². The van der Waals surface area contributed by atoms with E-state index in [2.05, 4.69) is 6.07 Å². The van der Waals surface area contributed by atoms with Crippen LogP contribution in [0.4, 0.5) is 0 Å². The zero-order valence-corrected chi connectivity index (χ0v) is 13.8. The monoisotopic (exact) mass is 312 g/mol. The molecule has 1 unspecified atom stereocenters. The van der Waals surface area contributed by atoms with Gasteiger partial charge in [0.25, 0.3) is 0 Å². The van der Waals surface area contributed by atoms with E-state index in [0.717, 1.165) is 22.3 Å². The lowest BCUT2D eigenvalue weighted by molar-refractivity contribution is -0.135. The Labute approximate surface area is 136 Å². The zero-order valence-electron chi connectivity index (χ0n) is 13.8. The fourth-order valence-electron chi connectivity index (χ4n) is 3.02. The molecule has 0 spiro atoms. The molecule has 4 nitrogen and oxygen atoms in total. The Morgan fingerprint density at radius 2 is 1.78 bits per heavy atom. The van der Waals surface area contributed by atoms with Crippen LogP contribution in [0.3, 0.4) is 0 Å². The summed E-state index contributed by atoms with van der Waals surface area (Å²) in [6.07, 6.45) is 0.324. The van der Waals surface area contributed by atoms with Gasteiger partial charge in [0.2, 0.25) is 0 Å². The molecule has 2 aromatic rings. The van der Waals surface area contributed by atoms with Crippen molar-refractivity contribution in [2.75, 3.05) is 14.2 Å². The predicted molar refractivity (Wildman–Crippen MR) is 87.6 cm³/mol. The van der Waals surface area contributed by atoms with Gasteiger partial charge < -0.3 is 14.2 Å². The standard InChI is InChI=1S/C19H20O4/c1-11-5-7-14-15(10-18(20)23-19(14)12(11)2)13-6-8-16(21-3)17(9-13)22-4/h5-9,15H,10H2,1-4H3. The van der Waals surface area contributed by atoms with Crippen molar-refractivity contribution >= 4 is 5.97 Å². The number of carbonyl (C=O) groups excluding carboxylic acids is 1. The third-order valence-electron chi connectivity index (χ3n) is 4.48. The minimum absolute atomic E-state index is 0.0367. The summed E-state index contributed by atoms with van der Waals surface area (Å²) < 4.78 is 16.2. The molecule has 2 aromatic carbocycles. The van der Waals surface area contributed by atoms with Crippen LogP contribution < -0.4 is 14.2 Å². The molecule has 1 aliphatic heterocycles. The number of rotatable bonds is 3. The summed E-state index contributed by atoms with van der Waals surface area (Å²) in [4.78, 5) is 12.1. The predicted octanol–water partition coefficient (Wildman–Crippen LogP) is 3.76.